The molecule has 27 heavy (non-hydrogen) atoms. The van der Waals surface area contributed by atoms with Crippen molar-refractivity contribution in [2.24, 2.45) is 5.92 Å². The second kappa shape index (κ2) is 9.60. The van der Waals surface area contributed by atoms with Crippen LogP contribution in [-0.4, -0.2) is 37.4 Å². The van der Waals surface area contributed by atoms with Gasteiger partial charge in [0, 0.05) is 30.6 Å². The Labute approximate surface area is 160 Å². The lowest BCUT2D eigenvalue weighted by atomic mass is 9.86. The van der Waals surface area contributed by atoms with E-state index < -0.39 is 0 Å². The van der Waals surface area contributed by atoms with E-state index in [1.165, 1.54) is 19.3 Å². The first-order valence-corrected chi connectivity index (χ1v) is 9.94. The maximum absolute atomic E-state index is 12.2. The molecule has 3 atom stereocenters. The quantitative estimate of drug-likeness (QED) is 0.633. The predicted molar refractivity (Wildman–Crippen MR) is 106 cm³/mol. The molecule has 4 N–H and O–H groups in total. The number of anilines is 2. The number of nitrogens with one attached hydrogen (secondary N) is 4. The van der Waals surface area contributed by atoms with E-state index in [1.54, 1.807) is 24.3 Å². The van der Waals surface area contributed by atoms with Crippen LogP contribution >= 0.6 is 0 Å². The number of hydrogen-bond donors (Lipinski definition) is 4. The zero-order valence-electron chi connectivity index (χ0n) is 15.9. The van der Waals surface area contributed by atoms with Crippen molar-refractivity contribution >= 4 is 23.4 Å². The summed E-state index contributed by atoms with van der Waals surface area (Å²) in [5.74, 6) is 0.518. The van der Waals surface area contributed by atoms with Gasteiger partial charge in [-0.25, -0.2) is 9.59 Å². The van der Waals surface area contributed by atoms with Gasteiger partial charge in [0.15, 0.2) is 0 Å². The van der Waals surface area contributed by atoms with E-state index in [-0.39, 0.29) is 24.2 Å². The minimum Gasteiger partial charge on any atom is -0.376 e. The van der Waals surface area contributed by atoms with Gasteiger partial charge in [-0.15, -0.1) is 0 Å². The Hall–Kier alpha value is -2.28. The summed E-state index contributed by atoms with van der Waals surface area (Å²) in [6.07, 6.45) is 6.78. The van der Waals surface area contributed by atoms with Crippen molar-refractivity contribution < 1.29 is 14.3 Å². The first-order valence-electron chi connectivity index (χ1n) is 9.94. The van der Waals surface area contributed by atoms with Crippen LogP contribution in [0.15, 0.2) is 24.3 Å². The Kier molecular flexibility index (Phi) is 6.92. The van der Waals surface area contributed by atoms with E-state index in [1.807, 2.05) is 0 Å². The zero-order valence-corrected chi connectivity index (χ0v) is 15.9. The number of carbonyl (C=O) groups is 2. The van der Waals surface area contributed by atoms with Gasteiger partial charge in [-0.05, 0) is 55.9 Å². The lowest BCUT2D eigenvalue weighted by Crippen LogP contribution is -2.43. The summed E-state index contributed by atoms with van der Waals surface area (Å²) < 4.78 is 5.48. The second-order valence-corrected chi connectivity index (χ2v) is 7.51. The van der Waals surface area contributed by atoms with Gasteiger partial charge >= 0.3 is 12.1 Å². The third-order valence-electron chi connectivity index (χ3n) is 5.34. The van der Waals surface area contributed by atoms with Crippen LogP contribution in [0.2, 0.25) is 0 Å². The van der Waals surface area contributed by atoms with Gasteiger partial charge in [0.05, 0.1) is 6.10 Å². The van der Waals surface area contributed by atoms with Crippen LogP contribution in [0, 0.1) is 5.92 Å². The summed E-state index contributed by atoms with van der Waals surface area (Å²) in [7, 11) is 0. The summed E-state index contributed by atoms with van der Waals surface area (Å²) >= 11 is 0. The average molecular weight is 374 g/mol. The van der Waals surface area contributed by atoms with Crippen LogP contribution in [0.5, 0.6) is 0 Å². The lowest BCUT2D eigenvalue weighted by Gasteiger charge is -2.29. The Morgan fingerprint density at radius 3 is 2.26 bits per heavy atom. The van der Waals surface area contributed by atoms with E-state index in [4.69, 9.17) is 4.74 Å². The molecule has 2 fully saturated rings. The number of hydrogen-bond acceptors (Lipinski definition) is 3. The third-order valence-corrected chi connectivity index (χ3v) is 5.34. The molecule has 1 aliphatic heterocycles. The van der Waals surface area contributed by atoms with Crippen LogP contribution in [-0.2, 0) is 4.74 Å². The number of carbonyl (C=O) groups excluding carboxylic acids is 2. The molecule has 1 saturated carbocycles. The standard InChI is InChI=1S/C20H30N4O3/c1-14-5-2-3-7-18(14)24-20(26)23-16-10-8-15(9-11-16)22-19(25)21-13-17-6-4-12-27-17/h8-11,14,17-18H,2-7,12-13H2,1H3,(H2,21,22,25)(H2,23,24,26). The molecule has 0 spiro atoms. The molecule has 3 unspecified atom stereocenters. The molecule has 3 rings (SSSR count). The van der Waals surface area contributed by atoms with Crippen molar-refractivity contribution in [2.75, 3.05) is 23.8 Å². The van der Waals surface area contributed by atoms with Gasteiger partial charge in [0.1, 0.15) is 0 Å². The fourth-order valence-electron chi connectivity index (χ4n) is 3.69. The first kappa shape index (κ1) is 19.5. The van der Waals surface area contributed by atoms with Crippen molar-refractivity contribution in [1.29, 1.82) is 0 Å². The predicted octanol–water partition coefficient (Wildman–Crippen LogP) is 3.69. The molecular weight excluding hydrogens is 344 g/mol. The highest BCUT2D eigenvalue weighted by molar-refractivity contribution is 5.91. The van der Waals surface area contributed by atoms with Crippen molar-refractivity contribution in [2.45, 2.75) is 57.6 Å². The highest BCUT2D eigenvalue weighted by Crippen LogP contribution is 2.23. The molecular formula is C20H30N4O3. The molecule has 7 nitrogen and oxygen atoms in total. The summed E-state index contributed by atoms with van der Waals surface area (Å²) in [5, 5.41) is 11.5. The molecule has 1 heterocycles. The highest BCUT2D eigenvalue weighted by Gasteiger charge is 2.22. The van der Waals surface area contributed by atoms with Crippen LogP contribution in [0.1, 0.15) is 45.4 Å². The number of amides is 4. The Morgan fingerprint density at radius 2 is 1.63 bits per heavy atom. The minimum absolute atomic E-state index is 0.118. The van der Waals surface area contributed by atoms with Crippen molar-refractivity contribution in [3.63, 3.8) is 0 Å². The van der Waals surface area contributed by atoms with Crippen LogP contribution in [0.4, 0.5) is 21.0 Å². The number of urea groups is 2. The largest absolute Gasteiger partial charge is 0.376 e. The maximum atomic E-state index is 12.2. The van der Waals surface area contributed by atoms with E-state index in [9.17, 15) is 9.59 Å². The first-order chi connectivity index (χ1) is 13.1. The lowest BCUT2D eigenvalue weighted by molar-refractivity contribution is 0.112. The molecule has 1 aromatic carbocycles. The number of ether oxygens (including phenoxy) is 1. The molecule has 0 aromatic heterocycles. The summed E-state index contributed by atoms with van der Waals surface area (Å²) in [6.45, 7) is 3.48. The molecule has 7 heteroatoms. The highest BCUT2D eigenvalue weighted by atomic mass is 16.5. The number of rotatable bonds is 5. The fraction of sp³-hybridized carbons (Fsp3) is 0.600. The second-order valence-electron chi connectivity index (χ2n) is 7.51. The van der Waals surface area contributed by atoms with E-state index in [0.717, 1.165) is 25.9 Å². The molecule has 1 aromatic rings. The molecule has 0 radical (unpaired) electrons. The molecule has 148 valence electrons. The van der Waals surface area contributed by atoms with Crippen molar-refractivity contribution in [3.05, 3.63) is 24.3 Å². The SMILES string of the molecule is CC1CCCCC1NC(=O)Nc1ccc(NC(=O)NCC2CCCO2)cc1. The summed E-state index contributed by atoms with van der Waals surface area (Å²) in [4.78, 5) is 24.1. The third kappa shape index (κ3) is 6.13. The normalized spacial score (nSPS) is 24.9. The Morgan fingerprint density at radius 1 is 0.963 bits per heavy atom. The molecule has 2 aliphatic rings. The topological polar surface area (TPSA) is 91.5 Å². The summed E-state index contributed by atoms with van der Waals surface area (Å²) in [6, 6.07) is 6.90. The van der Waals surface area contributed by atoms with Gasteiger partial charge in [-0.1, -0.05) is 19.8 Å². The van der Waals surface area contributed by atoms with Gasteiger partial charge in [-0.3, -0.25) is 0 Å². The van der Waals surface area contributed by atoms with Crippen molar-refractivity contribution in [1.82, 2.24) is 10.6 Å². The van der Waals surface area contributed by atoms with Crippen LogP contribution in [0.25, 0.3) is 0 Å². The Bertz CT molecular complexity index is 629. The molecule has 0 bridgehead atoms. The minimum atomic E-state index is -0.254. The maximum Gasteiger partial charge on any atom is 0.319 e. The monoisotopic (exact) mass is 374 g/mol. The molecule has 1 saturated heterocycles. The molecule has 1 aliphatic carbocycles. The van der Waals surface area contributed by atoms with Crippen molar-refractivity contribution in [3.8, 4) is 0 Å². The average Bonchev–Trinajstić information content (AvgIpc) is 3.17. The van der Waals surface area contributed by atoms with Gasteiger partial charge in [0.25, 0.3) is 0 Å². The Balaban J connectivity index is 1.41. The van der Waals surface area contributed by atoms with E-state index >= 15 is 0 Å². The van der Waals surface area contributed by atoms with Crippen LogP contribution in [0.3, 0.4) is 0 Å². The number of benzene rings is 1. The molecule has 4 amide bonds. The van der Waals surface area contributed by atoms with E-state index in [0.29, 0.717) is 23.8 Å². The van der Waals surface area contributed by atoms with E-state index in [2.05, 4.69) is 28.2 Å². The zero-order chi connectivity index (χ0) is 19.1. The van der Waals surface area contributed by atoms with Gasteiger partial charge in [-0.2, -0.15) is 0 Å². The smallest absolute Gasteiger partial charge is 0.319 e. The van der Waals surface area contributed by atoms with Gasteiger partial charge < -0.3 is 26.0 Å². The summed E-state index contributed by atoms with van der Waals surface area (Å²) in [5.41, 5.74) is 1.37. The van der Waals surface area contributed by atoms with Gasteiger partial charge in [0.2, 0.25) is 0 Å². The fourth-order valence-corrected chi connectivity index (χ4v) is 3.69. The van der Waals surface area contributed by atoms with Crippen LogP contribution < -0.4 is 21.3 Å².